The fourth-order valence-corrected chi connectivity index (χ4v) is 1.52. The molecule has 6 nitrogen and oxygen atoms in total. The smallest absolute Gasteiger partial charge is 0.344 e. The van der Waals surface area contributed by atoms with E-state index in [1.165, 1.54) is 12.4 Å². The van der Waals surface area contributed by atoms with Gasteiger partial charge in [0, 0.05) is 0 Å². The summed E-state index contributed by atoms with van der Waals surface area (Å²) in [7, 11) is 0. The predicted molar refractivity (Wildman–Crippen MR) is 74.9 cm³/mol. The number of rotatable bonds is 7. The standard InChI is InChI=1S/C15H16N2O4/c1-2-19-14(18)11-21-15-16-8-13(9-17-15)20-10-12-6-4-3-5-7-12/h3-9H,2,10-11H2,1H3. The van der Waals surface area contributed by atoms with Crippen molar-refractivity contribution in [1.29, 1.82) is 0 Å². The second-order valence-electron chi connectivity index (χ2n) is 4.07. The zero-order valence-corrected chi connectivity index (χ0v) is 11.7. The van der Waals surface area contributed by atoms with Gasteiger partial charge in [-0.05, 0) is 12.5 Å². The summed E-state index contributed by atoms with van der Waals surface area (Å²) in [5.74, 6) is 0.0767. The van der Waals surface area contributed by atoms with Gasteiger partial charge in [-0.3, -0.25) is 0 Å². The number of benzene rings is 1. The number of nitrogens with zero attached hydrogens (tertiary/aromatic N) is 2. The van der Waals surface area contributed by atoms with Gasteiger partial charge in [-0.2, -0.15) is 9.97 Å². The fourth-order valence-electron chi connectivity index (χ4n) is 1.52. The largest absolute Gasteiger partial charge is 0.486 e. The molecule has 2 aromatic rings. The molecule has 0 aliphatic rings. The van der Waals surface area contributed by atoms with Gasteiger partial charge in [0.25, 0.3) is 0 Å². The average molecular weight is 288 g/mol. The molecule has 0 amide bonds. The Kier molecular flexibility index (Phi) is 5.51. The minimum atomic E-state index is -0.453. The molecule has 2 rings (SSSR count). The molecular weight excluding hydrogens is 272 g/mol. The van der Waals surface area contributed by atoms with Gasteiger partial charge in [0.1, 0.15) is 6.61 Å². The van der Waals surface area contributed by atoms with Crippen LogP contribution in [0.3, 0.4) is 0 Å². The van der Waals surface area contributed by atoms with Crippen LogP contribution in [0.15, 0.2) is 42.7 Å². The maximum absolute atomic E-state index is 11.1. The highest BCUT2D eigenvalue weighted by Crippen LogP contribution is 2.12. The first-order chi connectivity index (χ1) is 10.3. The first-order valence-corrected chi connectivity index (χ1v) is 6.55. The van der Waals surface area contributed by atoms with Gasteiger partial charge in [0.15, 0.2) is 12.4 Å². The normalized spacial score (nSPS) is 9.95. The molecule has 21 heavy (non-hydrogen) atoms. The highest BCUT2D eigenvalue weighted by molar-refractivity contribution is 5.70. The molecule has 1 aromatic carbocycles. The third-order valence-corrected chi connectivity index (χ3v) is 2.48. The van der Waals surface area contributed by atoms with E-state index in [-0.39, 0.29) is 12.6 Å². The van der Waals surface area contributed by atoms with Crippen LogP contribution in [0.2, 0.25) is 0 Å². The SMILES string of the molecule is CCOC(=O)COc1ncc(OCc2ccccc2)cn1. The molecule has 1 aromatic heterocycles. The van der Waals surface area contributed by atoms with Crippen molar-refractivity contribution in [3.8, 4) is 11.8 Å². The van der Waals surface area contributed by atoms with Gasteiger partial charge in [-0.15, -0.1) is 0 Å². The van der Waals surface area contributed by atoms with Crippen LogP contribution < -0.4 is 9.47 Å². The highest BCUT2D eigenvalue weighted by Gasteiger charge is 2.05. The number of carbonyl (C=O) groups excluding carboxylic acids is 1. The minimum Gasteiger partial charge on any atom is -0.486 e. The topological polar surface area (TPSA) is 70.5 Å². The second-order valence-corrected chi connectivity index (χ2v) is 4.07. The van der Waals surface area contributed by atoms with Crippen molar-refractivity contribution < 1.29 is 19.0 Å². The van der Waals surface area contributed by atoms with E-state index in [2.05, 4.69) is 9.97 Å². The molecule has 0 aliphatic heterocycles. The summed E-state index contributed by atoms with van der Waals surface area (Å²) >= 11 is 0. The molecule has 0 atom stereocenters. The summed E-state index contributed by atoms with van der Waals surface area (Å²) in [5, 5.41) is 0. The third kappa shape index (κ3) is 5.10. The van der Waals surface area contributed by atoms with Crippen LogP contribution in [0, 0.1) is 0 Å². The first kappa shape index (κ1) is 14.8. The van der Waals surface area contributed by atoms with Gasteiger partial charge in [0.05, 0.1) is 19.0 Å². The van der Waals surface area contributed by atoms with Gasteiger partial charge in [0.2, 0.25) is 0 Å². The monoisotopic (exact) mass is 288 g/mol. The van der Waals surface area contributed by atoms with Gasteiger partial charge < -0.3 is 14.2 Å². The van der Waals surface area contributed by atoms with Crippen LogP contribution >= 0.6 is 0 Å². The van der Waals surface area contributed by atoms with E-state index >= 15 is 0 Å². The Morgan fingerprint density at radius 1 is 1.10 bits per heavy atom. The average Bonchev–Trinajstić information content (AvgIpc) is 2.53. The molecule has 0 saturated heterocycles. The molecule has 0 saturated carbocycles. The van der Waals surface area contributed by atoms with E-state index in [9.17, 15) is 4.79 Å². The Balaban J connectivity index is 1.80. The summed E-state index contributed by atoms with van der Waals surface area (Å²) in [6, 6.07) is 9.89. The lowest BCUT2D eigenvalue weighted by molar-refractivity contribution is -0.145. The van der Waals surface area contributed by atoms with E-state index in [1.807, 2.05) is 30.3 Å². The molecule has 0 radical (unpaired) electrons. The van der Waals surface area contributed by atoms with Crippen LogP contribution in [0.1, 0.15) is 12.5 Å². The Bertz CT molecular complexity index is 558. The number of aromatic nitrogens is 2. The molecule has 0 aliphatic carbocycles. The minimum absolute atomic E-state index is 0.107. The highest BCUT2D eigenvalue weighted by atomic mass is 16.6. The number of hydrogen-bond acceptors (Lipinski definition) is 6. The van der Waals surface area contributed by atoms with Crippen LogP contribution in [-0.4, -0.2) is 29.2 Å². The van der Waals surface area contributed by atoms with E-state index in [4.69, 9.17) is 14.2 Å². The van der Waals surface area contributed by atoms with Crippen molar-refractivity contribution in [2.75, 3.05) is 13.2 Å². The van der Waals surface area contributed by atoms with E-state index in [0.29, 0.717) is 19.0 Å². The Morgan fingerprint density at radius 2 is 1.81 bits per heavy atom. The Morgan fingerprint density at radius 3 is 2.48 bits per heavy atom. The molecule has 0 fully saturated rings. The number of esters is 1. The molecule has 0 N–H and O–H groups in total. The molecule has 0 spiro atoms. The summed E-state index contributed by atoms with van der Waals surface area (Å²) in [5.41, 5.74) is 1.06. The Hall–Kier alpha value is -2.63. The lowest BCUT2D eigenvalue weighted by Gasteiger charge is -2.07. The van der Waals surface area contributed by atoms with E-state index in [0.717, 1.165) is 5.56 Å². The summed E-state index contributed by atoms with van der Waals surface area (Å²) in [6.07, 6.45) is 2.99. The van der Waals surface area contributed by atoms with Crippen molar-refractivity contribution >= 4 is 5.97 Å². The Labute approximate surface area is 122 Å². The van der Waals surface area contributed by atoms with Crippen LogP contribution in [-0.2, 0) is 16.1 Å². The molecule has 110 valence electrons. The second kappa shape index (κ2) is 7.84. The molecule has 0 unspecified atom stereocenters. The molecular formula is C15H16N2O4. The van der Waals surface area contributed by atoms with Crippen molar-refractivity contribution in [2.45, 2.75) is 13.5 Å². The van der Waals surface area contributed by atoms with Gasteiger partial charge in [-0.1, -0.05) is 30.3 Å². The van der Waals surface area contributed by atoms with Crippen molar-refractivity contribution in [3.63, 3.8) is 0 Å². The lowest BCUT2D eigenvalue weighted by atomic mass is 10.2. The molecule has 6 heteroatoms. The number of ether oxygens (including phenoxy) is 3. The molecule has 0 bridgehead atoms. The first-order valence-electron chi connectivity index (χ1n) is 6.55. The zero-order chi connectivity index (χ0) is 14.9. The fraction of sp³-hybridized carbons (Fsp3) is 0.267. The quantitative estimate of drug-likeness (QED) is 0.726. The molecule has 1 heterocycles. The van der Waals surface area contributed by atoms with Gasteiger partial charge >= 0.3 is 12.0 Å². The third-order valence-electron chi connectivity index (χ3n) is 2.48. The van der Waals surface area contributed by atoms with Gasteiger partial charge in [-0.25, -0.2) is 4.79 Å². The van der Waals surface area contributed by atoms with Crippen molar-refractivity contribution in [3.05, 3.63) is 48.3 Å². The summed E-state index contributed by atoms with van der Waals surface area (Å²) in [6.45, 7) is 2.27. The van der Waals surface area contributed by atoms with E-state index in [1.54, 1.807) is 6.92 Å². The van der Waals surface area contributed by atoms with Crippen molar-refractivity contribution in [1.82, 2.24) is 9.97 Å². The number of hydrogen-bond donors (Lipinski definition) is 0. The maximum atomic E-state index is 11.1. The predicted octanol–water partition coefficient (Wildman–Crippen LogP) is 2.00. The zero-order valence-electron chi connectivity index (χ0n) is 11.7. The summed E-state index contributed by atoms with van der Waals surface area (Å²) < 4.78 is 15.4. The number of carbonyl (C=O) groups is 1. The maximum Gasteiger partial charge on any atom is 0.344 e. The lowest BCUT2D eigenvalue weighted by Crippen LogP contribution is -2.15. The summed E-state index contributed by atoms with van der Waals surface area (Å²) in [4.78, 5) is 19.0. The van der Waals surface area contributed by atoms with Crippen molar-refractivity contribution in [2.24, 2.45) is 0 Å². The van der Waals surface area contributed by atoms with Crippen LogP contribution in [0.25, 0.3) is 0 Å². The van der Waals surface area contributed by atoms with Crippen LogP contribution in [0.5, 0.6) is 11.8 Å². The van der Waals surface area contributed by atoms with Crippen LogP contribution in [0.4, 0.5) is 0 Å². The van der Waals surface area contributed by atoms with E-state index < -0.39 is 5.97 Å².